The van der Waals surface area contributed by atoms with Gasteiger partial charge in [0.2, 0.25) is 0 Å². The Bertz CT molecular complexity index is 457. The zero-order valence-electron chi connectivity index (χ0n) is 11.1. The van der Waals surface area contributed by atoms with Crippen molar-refractivity contribution >= 4 is 23.7 Å². The van der Waals surface area contributed by atoms with Gasteiger partial charge in [0.25, 0.3) is 0 Å². The van der Waals surface area contributed by atoms with Crippen LogP contribution in [0.15, 0.2) is 10.5 Å². The summed E-state index contributed by atoms with van der Waals surface area (Å²) in [7, 11) is 2.62. The van der Waals surface area contributed by atoms with E-state index in [1.807, 2.05) is 0 Å². The molecule has 7 heteroatoms. The molecule has 2 N–H and O–H groups in total. The third-order valence-corrected chi connectivity index (χ3v) is 3.50. The van der Waals surface area contributed by atoms with E-state index < -0.39 is 18.0 Å². The van der Waals surface area contributed by atoms with Crippen LogP contribution in [0, 0.1) is 6.92 Å². The first-order valence-corrected chi connectivity index (χ1v) is 6.73. The molecule has 0 aliphatic rings. The molecular weight excluding hydrogens is 270 g/mol. The number of nitrogens with two attached hydrogens (primary N) is 1. The van der Waals surface area contributed by atoms with Crippen LogP contribution in [0.5, 0.6) is 0 Å². The summed E-state index contributed by atoms with van der Waals surface area (Å²) in [6.45, 7) is 1.70. The Morgan fingerprint density at radius 3 is 2.68 bits per heavy atom. The van der Waals surface area contributed by atoms with Gasteiger partial charge in [0, 0.05) is 5.75 Å². The number of methoxy groups -OCH3 is 2. The molecule has 1 unspecified atom stereocenters. The number of thioether (sulfide) groups is 1. The number of carbonyl (C=O) groups is 2. The standard InChI is InChI=1S/C12H17NO5S/c1-7-9(11(14)16-2)4-8(18-7)5-19-6-10(13)12(15)17-3/h4,10H,5-6,13H2,1-3H3. The fourth-order valence-corrected chi connectivity index (χ4v) is 2.28. The van der Waals surface area contributed by atoms with E-state index in [0.29, 0.717) is 28.6 Å². The highest BCUT2D eigenvalue weighted by atomic mass is 32.2. The minimum absolute atomic E-state index is 0.412. The lowest BCUT2D eigenvalue weighted by molar-refractivity contribution is -0.141. The highest BCUT2D eigenvalue weighted by Crippen LogP contribution is 2.20. The number of ether oxygens (including phenoxy) is 2. The van der Waals surface area contributed by atoms with Crippen molar-refractivity contribution in [1.82, 2.24) is 0 Å². The molecule has 0 aliphatic carbocycles. The van der Waals surface area contributed by atoms with Crippen molar-refractivity contribution in [2.24, 2.45) is 5.73 Å². The second-order valence-electron chi connectivity index (χ2n) is 3.82. The molecule has 19 heavy (non-hydrogen) atoms. The lowest BCUT2D eigenvalue weighted by Gasteiger charge is -2.07. The Hall–Kier alpha value is -1.47. The van der Waals surface area contributed by atoms with E-state index in [-0.39, 0.29) is 0 Å². The Morgan fingerprint density at radius 2 is 2.11 bits per heavy atom. The summed E-state index contributed by atoms with van der Waals surface area (Å²) in [5.41, 5.74) is 6.01. The van der Waals surface area contributed by atoms with Crippen molar-refractivity contribution in [3.8, 4) is 0 Å². The predicted molar refractivity (Wildman–Crippen MR) is 70.9 cm³/mol. The molecule has 0 saturated carbocycles. The van der Waals surface area contributed by atoms with Gasteiger partial charge in [0.05, 0.1) is 20.0 Å². The number of hydrogen-bond donors (Lipinski definition) is 1. The molecule has 106 valence electrons. The van der Waals surface area contributed by atoms with Gasteiger partial charge in [0.15, 0.2) is 0 Å². The van der Waals surface area contributed by atoms with Crippen molar-refractivity contribution in [2.75, 3.05) is 20.0 Å². The zero-order chi connectivity index (χ0) is 14.4. The van der Waals surface area contributed by atoms with E-state index in [9.17, 15) is 9.59 Å². The van der Waals surface area contributed by atoms with Crippen molar-refractivity contribution < 1.29 is 23.5 Å². The van der Waals surface area contributed by atoms with Gasteiger partial charge in [-0.25, -0.2) is 4.79 Å². The second kappa shape index (κ2) is 7.20. The van der Waals surface area contributed by atoms with E-state index in [2.05, 4.69) is 9.47 Å². The van der Waals surface area contributed by atoms with Crippen LogP contribution in [0.2, 0.25) is 0 Å². The third-order valence-electron chi connectivity index (χ3n) is 2.42. The van der Waals surface area contributed by atoms with Crippen molar-refractivity contribution in [2.45, 2.75) is 18.7 Å². The summed E-state index contributed by atoms with van der Waals surface area (Å²) in [6, 6.07) is 0.976. The normalized spacial score (nSPS) is 12.0. The van der Waals surface area contributed by atoms with Gasteiger partial charge in [-0.2, -0.15) is 11.8 Å². The van der Waals surface area contributed by atoms with Crippen LogP contribution in [0.3, 0.4) is 0 Å². The third kappa shape index (κ3) is 4.29. The van der Waals surface area contributed by atoms with Crippen LogP contribution in [0.1, 0.15) is 21.9 Å². The predicted octanol–water partition coefficient (Wildman–Crippen LogP) is 1.11. The SMILES string of the molecule is COC(=O)c1cc(CSCC(N)C(=O)OC)oc1C. The maximum Gasteiger partial charge on any atom is 0.341 e. The Labute approximate surface area is 115 Å². The smallest absolute Gasteiger partial charge is 0.341 e. The molecule has 1 aromatic rings. The average molecular weight is 287 g/mol. The fourth-order valence-electron chi connectivity index (χ4n) is 1.43. The van der Waals surface area contributed by atoms with Crippen LogP contribution in [0.4, 0.5) is 0 Å². The van der Waals surface area contributed by atoms with Gasteiger partial charge in [-0.3, -0.25) is 4.79 Å². The van der Waals surface area contributed by atoms with Gasteiger partial charge in [-0.05, 0) is 13.0 Å². The van der Waals surface area contributed by atoms with Crippen molar-refractivity contribution in [1.29, 1.82) is 0 Å². The van der Waals surface area contributed by atoms with Gasteiger partial charge >= 0.3 is 11.9 Å². The number of furan rings is 1. The van der Waals surface area contributed by atoms with Crippen LogP contribution in [-0.4, -0.2) is 38.0 Å². The van der Waals surface area contributed by atoms with E-state index in [1.165, 1.54) is 26.0 Å². The molecular formula is C12H17NO5S. The molecule has 1 atom stereocenters. The van der Waals surface area contributed by atoms with E-state index in [0.717, 1.165) is 0 Å². The molecule has 1 heterocycles. The summed E-state index contributed by atoms with van der Waals surface area (Å²) in [6.07, 6.45) is 0. The molecule has 0 radical (unpaired) electrons. The molecule has 1 aromatic heterocycles. The molecule has 0 saturated heterocycles. The second-order valence-corrected chi connectivity index (χ2v) is 4.85. The molecule has 0 spiro atoms. The quantitative estimate of drug-likeness (QED) is 0.783. The first-order valence-electron chi connectivity index (χ1n) is 5.58. The Kier molecular flexibility index (Phi) is 5.91. The number of esters is 2. The number of carbonyl (C=O) groups excluding carboxylic acids is 2. The van der Waals surface area contributed by atoms with Gasteiger partial charge in [0.1, 0.15) is 23.1 Å². The summed E-state index contributed by atoms with van der Waals surface area (Å²) in [5, 5.41) is 0. The van der Waals surface area contributed by atoms with Crippen LogP contribution in [-0.2, 0) is 20.0 Å². The van der Waals surface area contributed by atoms with Crippen molar-refractivity contribution in [3.63, 3.8) is 0 Å². The fraction of sp³-hybridized carbons (Fsp3) is 0.500. The van der Waals surface area contributed by atoms with Gasteiger partial charge in [-0.15, -0.1) is 0 Å². The molecule has 6 nitrogen and oxygen atoms in total. The highest BCUT2D eigenvalue weighted by Gasteiger charge is 2.17. The Balaban J connectivity index is 2.51. The number of aryl methyl sites for hydroxylation is 1. The summed E-state index contributed by atoms with van der Waals surface area (Å²) >= 11 is 1.43. The lowest BCUT2D eigenvalue weighted by Crippen LogP contribution is -2.33. The van der Waals surface area contributed by atoms with Gasteiger partial charge < -0.3 is 19.6 Å². The lowest BCUT2D eigenvalue weighted by atomic mass is 10.2. The van der Waals surface area contributed by atoms with E-state index in [1.54, 1.807) is 13.0 Å². The molecule has 0 aromatic carbocycles. The van der Waals surface area contributed by atoms with Crippen LogP contribution >= 0.6 is 11.8 Å². The molecule has 0 fully saturated rings. The minimum Gasteiger partial charge on any atom is -0.468 e. The summed E-state index contributed by atoms with van der Waals surface area (Å²) in [5.74, 6) is 1.21. The Morgan fingerprint density at radius 1 is 1.42 bits per heavy atom. The first kappa shape index (κ1) is 15.6. The largest absolute Gasteiger partial charge is 0.468 e. The average Bonchev–Trinajstić information content (AvgIpc) is 2.77. The topological polar surface area (TPSA) is 91.8 Å². The van der Waals surface area contributed by atoms with Crippen LogP contribution in [0.25, 0.3) is 0 Å². The maximum absolute atomic E-state index is 11.4. The first-order chi connectivity index (χ1) is 8.99. The number of hydrogen-bond acceptors (Lipinski definition) is 7. The van der Waals surface area contributed by atoms with Gasteiger partial charge in [-0.1, -0.05) is 0 Å². The minimum atomic E-state index is -0.661. The molecule has 0 bridgehead atoms. The van der Waals surface area contributed by atoms with E-state index in [4.69, 9.17) is 10.2 Å². The maximum atomic E-state index is 11.4. The van der Waals surface area contributed by atoms with Crippen molar-refractivity contribution in [3.05, 3.63) is 23.2 Å². The van der Waals surface area contributed by atoms with Crippen LogP contribution < -0.4 is 5.73 Å². The molecule has 0 aliphatic heterocycles. The summed E-state index contributed by atoms with van der Waals surface area (Å²) in [4.78, 5) is 22.5. The summed E-state index contributed by atoms with van der Waals surface area (Å²) < 4.78 is 14.6. The highest BCUT2D eigenvalue weighted by molar-refractivity contribution is 7.98. The monoisotopic (exact) mass is 287 g/mol. The number of rotatable bonds is 6. The van der Waals surface area contributed by atoms with E-state index >= 15 is 0 Å². The molecule has 1 rings (SSSR count). The molecule has 0 amide bonds. The zero-order valence-corrected chi connectivity index (χ0v) is 11.9.